The van der Waals surface area contributed by atoms with Crippen LogP contribution in [0.4, 0.5) is 26.3 Å². The highest BCUT2D eigenvalue weighted by Crippen LogP contribution is 2.39. The molecule has 0 heterocycles. The number of halogens is 6. The first-order chi connectivity index (χ1) is 5.29. The zero-order valence-electron chi connectivity index (χ0n) is 6.26. The Morgan fingerprint density at radius 2 is 1.58 bits per heavy atom. The molecule has 12 heavy (non-hydrogen) atoms. The zero-order chi connectivity index (χ0) is 9.99. The Morgan fingerprint density at radius 3 is 1.83 bits per heavy atom. The van der Waals surface area contributed by atoms with Crippen LogP contribution >= 0.6 is 0 Å². The molecule has 74 valence electrons. The molecular weight excluding hydrogens is 186 g/mol. The van der Waals surface area contributed by atoms with Gasteiger partial charge in [0.25, 0.3) is 0 Å². The fourth-order valence-corrected chi connectivity index (χ4v) is 0.575. The van der Waals surface area contributed by atoms with E-state index in [9.17, 15) is 26.3 Å². The molecule has 0 aromatic heterocycles. The predicted molar refractivity (Wildman–Crippen MR) is 31.1 cm³/mol. The molecule has 0 radical (unpaired) electrons. The van der Waals surface area contributed by atoms with Gasteiger partial charge in [-0.25, -0.2) is 8.78 Å². The fraction of sp³-hybridized carbons (Fsp3) is 1.00. The van der Waals surface area contributed by atoms with Crippen LogP contribution in [-0.4, -0.2) is 24.7 Å². The van der Waals surface area contributed by atoms with Crippen LogP contribution in [0.15, 0.2) is 0 Å². The summed E-state index contributed by atoms with van der Waals surface area (Å²) >= 11 is 0. The maximum absolute atomic E-state index is 12.2. The van der Waals surface area contributed by atoms with Crippen molar-refractivity contribution in [1.29, 1.82) is 0 Å². The molecule has 0 aliphatic rings. The summed E-state index contributed by atoms with van der Waals surface area (Å²) in [5.41, 5.74) is 0. The largest absolute Gasteiger partial charge is 0.343 e. The third kappa shape index (κ3) is 1.84. The molecule has 0 spiro atoms. The minimum atomic E-state index is -4.92. The standard InChI is InChI=1S/C6H8F6/c1-2-4(8)6(11,12)5(9,10)3-7/h4H,2-3H2,1H3. The molecule has 0 fully saturated rings. The lowest BCUT2D eigenvalue weighted by Gasteiger charge is -2.26. The smallest absolute Gasteiger partial charge is 0.244 e. The number of hydrogen-bond donors (Lipinski definition) is 0. The lowest BCUT2D eigenvalue weighted by Crippen LogP contribution is -2.49. The van der Waals surface area contributed by atoms with Gasteiger partial charge in [-0.3, -0.25) is 0 Å². The normalized spacial score (nSPS) is 16.2. The average Bonchev–Trinajstić information content (AvgIpc) is 2.02. The molecule has 1 atom stereocenters. The first kappa shape index (κ1) is 11.6. The monoisotopic (exact) mass is 194 g/mol. The Labute approximate surface area is 65.6 Å². The molecule has 0 aliphatic heterocycles. The highest BCUT2D eigenvalue weighted by Gasteiger charge is 2.61. The minimum Gasteiger partial charge on any atom is -0.244 e. The summed E-state index contributed by atoms with van der Waals surface area (Å²) in [5, 5.41) is 0. The third-order valence-corrected chi connectivity index (χ3v) is 1.41. The van der Waals surface area contributed by atoms with E-state index < -0.39 is 31.1 Å². The quantitative estimate of drug-likeness (QED) is 0.603. The van der Waals surface area contributed by atoms with Gasteiger partial charge in [-0.05, 0) is 6.42 Å². The maximum atomic E-state index is 12.2. The first-order valence-electron chi connectivity index (χ1n) is 3.25. The lowest BCUT2D eigenvalue weighted by molar-refractivity contribution is -0.244. The fourth-order valence-electron chi connectivity index (χ4n) is 0.575. The summed E-state index contributed by atoms with van der Waals surface area (Å²) in [7, 11) is 0. The second-order valence-corrected chi connectivity index (χ2v) is 2.34. The van der Waals surface area contributed by atoms with Gasteiger partial charge in [0.15, 0.2) is 12.8 Å². The van der Waals surface area contributed by atoms with Crippen molar-refractivity contribution in [3.63, 3.8) is 0 Å². The van der Waals surface area contributed by atoms with Crippen LogP contribution in [0.5, 0.6) is 0 Å². The van der Waals surface area contributed by atoms with Crippen LogP contribution in [-0.2, 0) is 0 Å². The summed E-state index contributed by atoms with van der Waals surface area (Å²) in [5.74, 6) is -9.83. The second-order valence-electron chi connectivity index (χ2n) is 2.34. The SMILES string of the molecule is CCC(F)C(F)(F)C(F)(F)CF. The van der Waals surface area contributed by atoms with Crippen molar-refractivity contribution < 1.29 is 26.3 Å². The van der Waals surface area contributed by atoms with Gasteiger partial charge in [0.1, 0.15) is 0 Å². The molecule has 0 aromatic rings. The van der Waals surface area contributed by atoms with Crippen molar-refractivity contribution in [3.8, 4) is 0 Å². The van der Waals surface area contributed by atoms with E-state index in [1.54, 1.807) is 0 Å². The highest BCUT2D eigenvalue weighted by atomic mass is 19.3. The Balaban J connectivity index is 4.58. The molecule has 0 nitrogen and oxygen atoms in total. The summed E-state index contributed by atoms with van der Waals surface area (Å²) in [6, 6.07) is 0. The molecule has 0 aliphatic carbocycles. The van der Waals surface area contributed by atoms with Crippen LogP contribution in [0.3, 0.4) is 0 Å². The summed E-state index contributed by atoms with van der Waals surface area (Å²) < 4.78 is 72.0. The topological polar surface area (TPSA) is 0 Å². The Hall–Kier alpha value is -0.420. The lowest BCUT2D eigenvalue weighted by atomic mass is 10.1. The van der Waals surface area contributed by atoms with Crippen LogP contribution < -0.4 is 0 Å². The predicted octanol–water partition coefficient (Wildman–Crippen LogP) is 2.97. The minimum absolute atomic E-state index is 0.775. The Bertz CT molecular complexity index is 143. The molecule has 0 aromatic carbocycles. The van der Waals surface area contributed by atoms with Crippen LogP contribution in [0.2, 0.25) is 0 Å². The summed E-state index contributed by atoms with van der Waals surface area (Å²) in [6.45, 7) is -1.58. The summed E-state index contributed by atoms with van der Waals surface area (Å²) in [6.07, 6.45) is -3.79. The van der Waals surface area contributed by atoms with Gasteiger partial charge in [0.2, 0.25) is 0 Å². The Morgan fingerprint density at radius 1 is 1.17 bits per heavy atom. The number of rotatable bonds is 4. The van der Waals surface area contributed by atoms with Gasteiger partial charge in [-0.15, -0.1) is 0 Å². The average molecular weight is 194 g/mol. The molecule has 0 saturated heterocycles. The zero-order valence-corrected chi connectivity index (χ0v) is 6.26. The third-order valence-electron chi connectivity index (χ3n) is 1.41. The van der Waals surface area contributed by atoms with Crippen LogP contribution in [0.1, 0.15) is 13.3 Å². The molecule has 0 bridgehead atoms. The molecule has 6 heteroatoms. The molecule has 1 unspecified atom stereocenters. The number of alkyl halides is 6. The van der Waals surface area contributed by atoms with E-state index in [0.29, 0.717) is 0 Å². The van der Waals surface area contributed by atoms with E-state index in [-0.39, 0.29) is 0 Å². The maximum Gasteiger partial charge on any atom is 0.343 e. The van der Waals surface area contributed by atoms with Crippen molar-refractivity contribution in [2.24, 2.45) is 0 Å². The summed E-state index contributed by atoms with van der Waals surface area (Å²) in [4.78, 5) is 0. The van der Waals surface area contributed by atoms with Crippen molar-refractivity contribution in [3.05, 3.63) is 0 Å². The van der Waals surface area contributed by atoms with E-state index in [2.05, 4.69) is 0 Å². The van der Waals surface area contributed by atoms with E-state index in [1.165, 1.54) is 0 Å². The van der Waals surface area contributed by atoms with E-state index >= 15 is 0 Å². The molecule has 0 saturated carbocycles. The highest BCUT2D eigenvalue weighted by molar-refractivity contribution is 4.90. The molecule has 0 N–H and O–H groups in total. The van der Waals surface area contributed by atoms with E-state index in [1.807, 2.05) is 0 Å². The van der Waals surface area contributed by atoms with Crippen molar-refractivity contribution in [1.82, 2.24) is 0 Å². The molecule has 0 amide bonds. The van der Waals surface area contributed by atoms with Crippen LogP contribution in [0.25, 0.3) is 0 Å². The van der Waals surface area contributed by atoms with Gasteiger partial charge in [-0.2, -0.15) is 17.6 Å². The number of hydrogen-bond acceptors (Lipinski definition) is 0. The van der Waals surface area contributed by atoms with Gasteiger partial charge < -0.3 is 0 Å². The van der Waals surface area contributed by atoms with E-state index in [4.69, 9.17) is 0 Å². The molecular formula is C6H8F6. The van der Waals surface area contributed by atoms with Gasteiger partial charge in [0.05, 0.1) is 0 Å². The first-order valence-corrected chi connectivity index (χ1v) is 3.25. The van der Waals surface area contributed by atoms with Crippen LogP contribution in [0, 0.1) is 0 Å². The van der Waals surface area contributed by atoms with Crippen molar-refractivity contribution in [2.45, 2.75) is 31.4 Å². The van der Waals surface area contributed by atoms with Crippen molar-refractivity contribution >= 4 is 0 Å². The van der Waals surface area contributed by atoms with E-state index in [0.717, 1.165) is 6.92 Å². The molecule has 0 rings (SSSR count). The van der Waals surface area contributed by atoms with Gasteiger partial charge >= 0.3 is 11.8 Å². The van der Waals surface area contributed by atoms with Gasteiger partial charge in [0, 0.05) is 0 Å². The van der Waals surface area contributed by atoms with Gasteiger partial charge in [-0.1, -0.05) is 6.92 Å². The van der Waals surface area contributed by atoms with Crippen molar-refractivity contribution in [2.75, 3.05) is 6.67 Å². The Kier molecular flexibility index (Phi) is 3.41. The second kappa shape index (κ2) is 3.53.